The molecule has 10 heavy (non-hydrogen) atoms. The number of hydrogen-bond acceptors (Lipinski definition) is 2. The SMILES string of the molecule is OC1OCCC1C(F)(F)F. The smallest absolute Gasteiger partial charge is 0.367 e. The molecule has 1 heterocycles. The van der Waals surface area contributed by atoms with Crippen LogP contribution in [-0.4, -0.2) is 24.2 Å². The number of rotatable bonds is 0. The number of alkyl halides is 3. The van der Waals surface area contributed by atoms with E-state index in [1.54, 1.807) is 0 Å². The van der Waals surface area contributed by atoms with E-state index in [2.05, 4.69) is 4.74 Å². The van der Waals surface area contributed by atoms with E-state index in [1.807, 2.05) is 0 Å². The van der Waals surface area contributed by atoms with Crippen LogP contribution in [0.1, 0.15) is 6.42 Å². The Morgan fingerprint density at radius 2 is 2.00 bits per heavy atom. The van der Waals surface area contributed by atoms with E-state index in [0.29, 0.717) is 0 Å². The van der Waals surface area contributed by atoms with Crippen molar-refractivity contribution in [3.05, 3.63) is 0 Å². The molecule has 1 aliphatic heterocycles. The number of aliphatic hydroxyl groups is 1. The fourth-order valence-corrected chi connectivity index (χ4v) is 0.900. The highest BCUT2D eigenvalue weighted by Crippen LogP contribution is 2.35. The van der Waals surface area contributed by atoms with Crippen LogP contribution < -0.4 is 0 Å². The molecule has 0 amide bonds. The third-order valence-electron chi connectivity index (χ3n) is 1.48. The second-order valence-electron chi connectivity index (χ2n) is 2.20. The molecule has 0 aliphatic carbocycles. The Hall–Kier alpha value is -0.290. The number of aliphatic hydroxyl groups excluding tert-OH is 1. The van der Waals surface area contributed by atoms with Crippen LogP contribution in [0, 0.1) is 5.92 Å². The van der Waals surface area contributed by atoms with E-state index in [4.69, 9.17) is 5.11 Å². The Balaban J connectivity index is 2.55. The topological polar surface area (TPSA) is 29.5 Å². The van der Waals surface area contributed by atoms with Gasteiger partial charge in [-0.15, -0.1) is 0 Å². The summed E-state index contributed by atoms with van der Waals surface area (Å²) in [6.45, 7) is -0.00859. The molecule has 1 rings (SSSR count). The van der Waals surface area contributed by atoms with E-state index in [-0.39, 0.29) is 13.0 Å². The molecule has 0 spiro atoms. The maximum atomic E-state index is 11.8. The van der Waals surface area contributed by atoms with Crippen LogP contribution in [0.15, 0.2) is 0 Å². The van der Waals surface area contributed by atoms with E-state index >= 15 is 0 Å². The molecule has 0 aromatic rings. The quantitative estimate of drug-likeness (QED) is 0.564. The molecule has 60 valence electrons. The Bertz CT molecular complexity index is 123. The van der Waals surface area contributed by atoms with Gasteiger partial charge in [0.15, 0.2) is 6.29 Å². The highest BCUT2D eigenvalue weighted by Gasteiger charge is 2.47. The minimum absolute atomic E-state index is 0.00859. The molecule has 0 bridgehead atoms. The zero-order valence-corrected chi connectivity index (χ0v) is 5.06. The first-order valence-electron chi connectivity index (χ1n) is 2.88. The van der Waals surface area contributed by atoms with Crippen LogP contribution in [0.5, 0.6) is 0 Å². The molecule has 0 saturated carbocycles. The lowest BCUT2D eigenvalue weighted by molar-refractivity contribution is -0.220. The van der Waals surface area contributed by atoms with E-state index in [9.17, 15) is 13.2 Å². The van der Waals surface area contributed by atoms with Crippen molar-refractivity contribution in [3.8, 4) is 0 Å². The van der Waals surface area contributed by atoms with Gasteiger partial charge < -0.3 is 9.84 Å². The molecule has 1 N–H and O–H groups in total. The van der Waals surface area contributed by atoms with Crippen LogP contribution >= 0.6 is 0 Å². The number of hydrogen-bond donors (Lipinski definition) is 1. The van der Waals surface area contributed by atoms with Gasteiger partial charge in [0.05, 0.1) is 6.61 Å². The normalized spacial score (nSPS) is 34.8. The summed E-state index contributed by atoms with van der Waals surface area (Å²) >= 11 is 0. The van der Waals surface area contributed by atoms with Crippen molar-refractivity contribution in [2.75, 3.05) is 6.61 Å². The zero-order valence-electron chi connectivity index (χ0n) is 5.06. The maximum Gasteiger partial charge on any atom is 0.396 e. The van der Waals surface area contributed by atoms with E-state index < -0.39 is 18.4 Å². The monoisotopic (exact) mass is 156 g/mol. The van der Waals surface area contributed by atoms with Gasteiger partial charge in [-0.3, -0.25) is 0 Å². The standard InChI is InChI=1S/C5H7F3O2/c6-5(7,8)3-1-2-10-4(3)9/h3-4,9H,1-2H2. The van der Waals surface area contributed by atoms with Crippen LogP contribution in [-0.2, 0) is 4.74 Å². The van der Waals surface area contributed by atoms with Crippen molar-refractivity contribution >= 4 is 0 Å². The van der Waals surface area contributed by atoms with Crippen LogP contribution in [0.2, 0.25) is 0 Å². The summed E-state index contributed by atoms with van der Waals surface area (Å²) in [6, 6.07) is 0. The van der Waals surface area contributed by atoms with Crippen molar-refractivity contribution in [3.63, 3.8) is 0 Å². The molecule has 1 saturated heterocycles. The van der Waals surface area contributed by atoms with Gasteiger partial charge in [-0.2, -0.15) is 13.2 Å². The lowest BCUT2D eigenvalue weighted by atomic mass is 10.1. The fraction of sp³-hybridized carbons (Fsp3) is 1.00. The first-order chi connectivity index (χ1) is 4.52. The van der Waals surface area contributed by atoms with Gasteiger partial charge in [-0.05, 0) is 6.42 Å². The van der Waals surface area contributed by atoms with Gasteiger partial charge in [-0.1, -0.05) is 0 Å². The van der Waals surface area contributed by atoms with Crippen LogP contribution in [0.25, 0.3) is 0 Å². The Morgan fingerprint density at radius 3 is 2.20 bits per heavy atom. The predicted octanol–water partition coefficient (Wildman–Crippen LogP) is 0.904. The summed E-state index contributed by atoms with van der Waals surface area (Å²) in [5.74, 6) is -1.69. The third-order valence-corrected chi connectivity index (χ3v) is 1.48. The van der Waals surface area contributed by atoms with Crippen molar-refractivity contribution in [1.29, 1.82) is 0 Å². The summed E-state index contributed by atoms with van der Waals surface area (Å²) in [5, 5.41) is 8.58. The second kappa shape index (κ2) is 2.39. The summed E-state index contributed by atoms with van der Waals surface area (Å²) in [4.78, 5) is 0. The van der Waals surface area contributed by atoms with E-state index in [0.717, 1.165) is 0 Å². The van der Waals surface area contributed by atoms with Crippen molar-refractivity contribution in [2.24, 2.45) is 5.92 Å². The lowest BCUT2D eigenvalue weighted by Crippen LogP contribution is -2.30. The van der Waals surface area contributed by atoms with Gasteiger partial charge in [0.25, 0.3) is 0 Å². The molecule has 5 heteroatoms. The number of ether oxygens (including phenoxy) is 1. The molecule has 0 aromatic carbocycles. The third kappa shape index (κ3) is 1.41. The van der Waals surface area contributed by atoms with Crippen LogP contribution in [0.3, 0.4) is 0 Å². The molecule has 0 radical (unpaired) electrons. The van der Waals surface area contributed by atoms with Gasteiger partial charge in [0, 0.05) is 0 Å². The average Bonchev–Trinajstić information content (AvgIpc) is 2.11. The van der Waals surface area contributed by atoms with E-state index in [1.165, 1.54) is 0 Å². The Labute approximate surface area is 55.6 Å². The van der Waals surface area contributed by atoms with Crippen molar-refractivity contribution < 1.29 is 23.0 Å². The maximum absolute atomic E-state index is 11.8. The molecule has 2 nitrogen and oxygen atoms in total. The molecule has 2 unspecified atom stereocenters. The zero-order chi connectivity index (χ0) is 7.78. The number of halogens is 3. The van der Waals surface area contributed by atoms with Crippen molar-refractivity contribution in [1.82, 2.24) is 0 Å². The first kappa shape index (κ1) is 7.81. The fourth-order valence-electron chi connectivity index (χ4n) is 0.900. The average molecular weight is 156 g/mol. The van der Waals surface area contributed by atoms with Gasteiger partial charge in [-0.25, -0.2) is 0 Å². The predicted molar refractivity (Wildman–Crippen MR) is 26.1 cm³/mol. The minimum atomic E-state index is -4.32. The van der Waals surface area contributed by atoms with Gasteiger partial charge >= 0.3 is 6.18 Å². The second-order valence-corrected chi connectivity index (χ2v) is 2.20. The van der Waals surface area contributed by atoms with Crippen molar-refractivity contribution in [2.45, 2.75) is 18.9 Å². The Kier molecular flexibility index (Phi) is 1.87. The lowest BCUT2D eigenvalue weighted by Gasteiger charge is -2.15. The van der Waals surface area contributed by atoms with Gasteiger partial charge in [0.1, 0.15) is 5.92 Å². The largest absolute Gasteiger partial charge is 0.396 e. The summed E-state index contributed by atoms with van der Waals surface area (Å²) < 4.78 is 39.6. The highest BCUT2D eigenvalue weighted by molar-refractivity contribution is 4.74. The molecule has 1 aliphatic rings. The van der Waals surface area contributed by atoms with Gasteiger partial charge in [0.2, 0.25) is 0 Å². The minimum Gasteiger partial charge on any atom is -0.367 e. The molecule has 1 fully saturated rings. The highest BCUT2D eigenvalue weighted by atomic mass is 19.4. The molecule has 2 atom stereocenters. The first-order valence-corrected chi connectivity index (χ1v) is 2.88. The molecular weight excluding hydrogens is 149 g/mol. The van der Waals surface area contributed by atoms with Crippen LogP contribution in [0.4, 0.5) is 13.2 Å². The summed E-state index contributed by atoms with van der Waals surface area (Å²) in [6.07, 6.45) is -6.11. The summed E-state index contributed by atoms with van der Waals surface area (Å²) in [5.41, 5.74) is 0. The molecule has 0 aromatic heterocycles. The molecular formula is C5H7F3O2. The Morgan fingerprint density at radius 1 is 1.40 bits per heavy atom. The summed E-state index contributed by atoms with van der Waals surface area (Å²) in [7, 11) is 0.